The van der Waals surface area contributed by atoms with Crippen LogP contribution < -0.4 is 0 Å². The largest absolute Gasteiger partial charge is 0.387 e. The van der Waals surface area contributed by atoms with Crippen LogP contribution in [-0.4, -0.2) is 21.4 Å². The molecule has 2 rings (SSSR count). The van der Waals surface area contributed by atoms with Crippen LogP contribution in [0.25, 0.3) is 0 Å². The maximum atomic E-state index is 9.60. The van der Waals surface area contributed by atoms with Crippen LogP contribution in [0.4, 0.5) is 0 Å². The van der Waals surface area contributed by atoms with E-state index in [9.17, 15) is 15.3 Å². The third kappa shape index (κ3) is 1.25. The van der Waals surface area contributed by atoms with Crippen molar-refractivity contribution in [2.45, 2.75) is 24.7 Å². The topological polar surface area (TPSA) is 60.7 Å². The summed E-state index contributed by atoms with van der Waals surface area (Å²) in [5.74, 6) is -2.07. The third-order valence-electron chi connectivity index (χ3n) is 2.57. The average Bonchev–Trinajstić information content (AvgIpc) is 2.13. The fourth-order valence-electron chi connectivity index (χ4n) is 1.77. The monoisotopic (exact) mass is 180 g/mol. The number of rotatable bonds is 0. The van der Waals surface area contributed by atoms with E-state index in [1.807, 2.05) is 12.1 Å². The molecule has 0 bridgehead atoms. The summed E-state index contributed by atoms with van der Waals surface area (Å²) in [6, 6.07) is 7.07. The van der Waals surface area contributed by atoms with Gasteiger partial charge < -0.3 is 15.3 Å². The Morgan fingerprint density at radius 2 is 1.92 bits per heavy atom. The minimum Gasteiger partial charge on any atom is -0.387 e. The van der Waals surface area contributed by atoms with Crippen molar-refractivity contribution < 1.29 is 15.3 Å². The molecule has 0 spiro atoms. The van der Waals surface area contributed by atoms with Crippen molar-refractivity contribution in [3.05, 3.63) is 35.4 Å². The molecule has 1 aromatic carbocycles. The van der Waals surface area contributed by atoms with E-state index in [2.05, 4.69) is 0 Å². The Labute approximate surface area is 76.3 Å². The van der Waals surface area contributed by atoms with Crippen molar-refractivity contribution in [1.82, 2.24) is 0 Å². The van der Waals surface area contributed by atoms with Gasteiger partial charge in [-0.25, -0.2) is 0 Å². The summed E-state index contributed by atoms with van der Waals surface area (Å²) in [7, 11) is 0. The normalized spacial score (nSPS) is 25.3. The number of aliphatic hydroxyl groups is 3. The van der Waals surface area contributed by atoms with Crippen LogP contribution >= 0.6 is 0 Å². The molecule has 0 heterocycles. The van der Waals surface area contributed by atoms with Crippen LogP contribution in [0.1, 0.15) is 17.5 Å². The Kier molecular flexibility index (Phi) is 1.87. The van der Waals surface area contributed by atoms with Gasteiger partial charge in [0.2, 0.25) is 5.79 Å². The molecule has 0 aliphatic heterocycles. The number of benzene rings is 1. The van der Waals surface area contributed by atoms with Crippen molar-refractivity contribution >= 4 is 0 Å². The highest BCUT2D eigenvalue weighted by atomic mass is 16.5. The Bertz CT molecular complexity index is 320. The molecule has 1 atom stereocenters. The molecule has 1 aliphatic rings. The molecule has 70 valence electrons. The van der Waals surface area contributed by atoms with E-state index in [1.165, 1.54) is 0 Å². The van der Waals surface area contributed by atoms with E-state index in [-0.39, 0.29) is 0 Å². The van der Waals surface area contributed by atoms with E-state index >= 15 is 0 Å². The van der Waals surface area contributed by atoms with Gasteiger partial charge in [0.15, 0.2) is 0 Å². The van der Waals surface area contributed by atoms with Gasteiger partial charge in [-0.15, -0.1) is 0 Å². The lowest BCUT2D eigenvalue weighted by Crippen LogP contribution is -2.43. The fraction of sp³-hybridized carbons (Fsp3) is 0.400. The smallest absolute Gasteiger partial charge is 0.217 e. The minimum absolute atomic E-state index is 0.393. The number of aliphatic hydroxyl groups excluding tert-OH is 1. The van der Waals surface area contributed by atoms with Gasteiger partial charge in [-0.05, 0) is 18.4 Å². The number of aryl methyl sites for hydroxylation is 1. The summed E-state index contributed by atoms with van der Waals surface area (Å²) >= 11 is 0. The maximum absolute atomic E-state index is 9.60. The van der Waals surface area contributed by atoms with Crippen molar-refractivity contribution in [3.63, 3.8) is 0 Å². The van der Waals surface area contributed by atoms with E-state index in [1.54, 1.807) is 12.1 Å². The van der Waals surface area contributed by atoms with E-state index in [0.717, 1.165) is 5.56 Å². The van der Waals surface area contributed by atoms with Crippen molar-refractivity contribution in [2.24, 2.45) is 0 Å². The highest BCUT2D eigenvalue weighted by molar-refractivity contribution is 5.33. The molecular weight excluding hydrogens is 168 g/mol. The Balaban J connectivity index is 2.52. The van der Waals surface area contributed by atoms with Gasteiger partial charge in [0.1, 0.15) is 6.10 Å². The van der Waals surface area contributed by atoms with Gasteiger partial charge >= 0.3 is 0 Å². The molecular formula is C10H12O3. The van der Waals surface area contributed by atoms with Gasteiger partial charge in [-0.3, -0.25) is 0 Å². The Morgan fingerprint density at radius 3 is 2.69 bits per heavy atom. The highest BCUT2D eigenvalue weighted by Crippen LogP contribution is 2.32. The zero-order valence-electron chi connectivity index (χ0n) is 7.14. The maximum Gasteiger partial charge on any atom is 0.217 e. The van der Waals surface area contributed by atoms with Crippen molar-refractivity contribution in [3.8, 4) is 0 Å². The molecule has 1 aromatic rings. The van der Waals surface area contributed by atoms with Crippen LogP contribution in [0, 0.1) is 0 Å². The lowest BCUT2D eigenvalue weighted by molar-refractivity contribution is -0.240. The second-order valence-corrected chi connectivity index (χ2v) is 3.44. The molecule has 0 saturated heterocycles. The first-order chi connectivity index (χ1) is 6.12. The summed E-state index contributed by atoms with van der Waals surface area (Å²) in [4.78, 5) is 0. The standard InChI is InChI=1S/C10H12O3/c11-9-6-5-7-3-1-2-4-8(7)10(9,12)13/h1-4,9,11-13H,5-6H2. The molecule has 0 amide bonds. The molecule has 1 unspecified atom stereocenters. The van der Waals surface area contributed by atoms with Crippen LogP contribution in [0.2, 0.25) is 0 Å². The number of fused-ring (bicyclic) bond motifs is 1. The zero-order chi connectivity index (χ0) is 9.47. The molecule has 3 nitrogen and oxygen atoms in total. The number of hydrogen-bond acceptors (Lipinski definition) is 3. The second-order valence-electron chi connectivity index (χ2n) is 3.44. The van der Waals surface area contributed by atoms with Crippen LogP contribution in [0.5, 0.6) is 0 Å². The molecule has 0 saturated carbocycles. The van der Waals surface area contributed by atoms with Crippen LogP contribution in [0.15, 0.2) is 24.3 Å². The highest BCUT2D eigenvalue weighted by Gasteiger charge is 2.39. The molecule has 0 fully saturated rings. The summed E-state index contributed by atoms with van der Waals surface area (Å²) in [5.41, 5.74) is 1.33. The van der Waals surface area contributed by atoms with Gasteiger partial charge in [0.05, 0.1) is 0 Å². The summed E-state index contributed by atoms with van der Waals surface area (Å²) < 4.78 is 0. The second kappa shape index (κ2) is 2.80. The zero-order valence-corrected chi connectivity index (χ0v) is 7.14. The van der Waals surface area contributed by atoms with Gasteiger partial charge in [0.25, 0.3) is 0 Å². The van der Waals surface area contributed by atoms with E-state index in [0.29, 0.717) is 18.4 Å². The SMILES string of the molecule is OC1CCc2ccccc2C1(O)O. The molecule has 1 aliphatic carbocycles. The van der Waals surface area contributed by atoms with Crippen LogP contribution in [-0.2, 0) is 12.2 Å². The summed E-state index contributed by atoms with van der Waals surface area (Å²) in [6.07, 6.45) is 0.00641. The summed E-state index contributed by atoms with van der Waals surface area (Å²) in [5, 5.41) is 28.6. The van der Waals surface area contributed by atoms with Gasteiger partial charge in [-0.2, -0.15) is 0 Å². The quantitative estimate of drug-likeness (QED) is 0.497. The van der Waals surface area contributed by atoms with E-state index in [4.69, 9.17) is 0 Å². The molecule has 0 aromatic heterocycles. The molecule has 13 heavy (non-hydrogen) atoms. The fourth-order valence-corrected chi connectivity index (χ4v) is 1.77. The lowest BCUT2D eigenvalue weighted by atomic mass is 9.85. The predicted molar refractivity (Wildman–Crippen MR) is 46.9 cm³/mol. The van der Waals surface area contributed by atoms with E-state index < -0.39 is 11.9 Å². The molecule has 0 radical (unpaired) electrons. The first-order valence-electron chi connectivity index (χ1n) is 4.33. The Hall–Kier alpha value is -0.900. The predicted octanol–water partition coefficient (Wildman–Crippen LogP) is 0.131. The Morgan fingerprint density at radius 1 is 1.23 bits per heavy atom. The van der Waals surface area contributed by atoms with Gasteiger partial charge in [-0.1, -0.05) is 24.3 Å². The van der Waals surface area contributed by atoms with Crippen molar-refractivity contribution in [1.29, 1.82) is 0 Å². The number of hydrogen-bond donors (Lipinski definition) is 3. The average molecular weight is 180 g/mol. The minimum atomic E-state index is -2.07. The molecule has 3 N–H and O–H groups in total. The summed E-state index contributed by atoms with van der Waals surface area (Å²) in [6.45, 7) is 0. The van der Waals surface area contributed by atoms with Crippen molar-refractivity contribution in [2.75, 3.05) is 0 Å². The third-order valence-corrected chi connectivity index (χ3v) is 2.57. The molecule has 3 heteroatoms. The van der Waals surface area contributed by atoms with Gasteiger partial charge in [0, 0.05) is 5.56 Å². The first kappa shape index (κ1) is 8.69. The van der Waals surface area contributed by atoms with Crippen LogP contribution in [0.3, 0.4) is 0 Å². The first-order valence-corrected chi connectivity index (χ1v) is 4.33. The lowest BCUT2D eigenvalue weighted by Gasteiger charge is -2.33.